The molecule has 2 saturated carbocycles. The summed E-state index contributed by atoms with van der Waals surface area (Å²) in [5, 5.41) is 19.2. The number of allylic oxidation sites excluding steroid dienone is 10. The predicted molar refractivity (Wildman–Crippen MR) is 187 cm³/mol. The van der Waals surface area contributed by atoms with Gasteiger partial charge in [-0.25, -0.2) is 20.2 Å². The van der Waals surface area contributed by atoms with Crippen LogP contribution in [0, 0.1) is 35.8 Å². The van der Waals surface area contributed by atoms with Crippen molar-refractivity contribution in [2.45, 2.75) is 114 Å². The van der Waals surface area contributed by atoms with Gasteiger partial charge >= 0.3 is 0 Å². The zero-order valence-electron chi connectivity index (χ0n) is 26.2. The minimum absolute atomic E-state index is 0.0712. The fourth-order valence-corrected chi connectivity index (χ4v) is 12.6. The highest BCUT2D eigenvalue weighted by molar-refractivity contribution is 7.16. The molecular weight excluding hydrogens is 601 g/mol. The van der Waals surface area contributed by atoms with Crippen LogP contribution in [-0.4, -0.2) is 0 Å². The van der Waals surface area contributed by atoms with Crippen molar-refractivity contribution in [3.8, 4) is 12.1 Å². The summed E-state index contributed by atoms with van der Waals surface area (Å²) in [6, 6.07) is 9.37. The van der Waals surface area contributed by atoms with Gasteiger partial charge in [-0.05, 0) is 121 Å². The molecule has 8 rings (SSSR count). The van der Waals surface area contributed by atoms with Crippen LogP contribution in [0.5, 0.6) is 0 Å². The maximum atomic E-state index is 9.58. The Morgan fingerprint density at radius 1 is 0.609 bits per heavy atom. The molecule has 6 aliphatic carbocycles. The molecule has 228 valence electrons. The highest BCUT2D eigenvalue weighted by Gasteiger charge is 2.58. The van der Waals surface area contributed by atoms with Crippen molar-refractivity contribution in [3.05, 3.63) is 100 Å². The molecule has 6 aliphatic rings. The van der Waals surface area contributed by atoms with Crippen LogP contribution in [0.25, 0.3) is 32.0 Å². The first kappa shape index (κ1) is 29.5. The van der Waals surface area contributed by atoms with Gasteiger partial charge in [0.15, 0.2) is 0 Å². The normalized spacial score (nSPS) is 24.5. The number of hydrogen-bond acceptors (Lipinski definition) is 4. The molecule has 4 nitrogen and oxygen atoms in total. The van der Waals surface area contributed by atoms with Gasteiger partial charge in [0.25, 0.3) is 11.4 Å². The molecule has 0 aromatic carbocycles. The second-order valence-corrected chi connectivity index (χ2v) is 16.1. The second-order valence-electron chi connectivity index (χ2n) is 14.0. The van der Waals surface area contributed by atoms with Crippen LogP contribution in [0.1, 0.15) is 133 Å². The molecule has 0 aliphatic heterocycles. The topological polar surface area (TPSA) is 56.3 Å². The molecule has 0 N–H and O–H groups in total. The van der Waals surface area contributed by atoms with Crippen molar-refractivity contribution in [2.24, 2.45) is 0 Å². The molecule has 0 saturated heterocycles. The monoisotopic (exact) mass is 636 g/mol. The molecular formula is C40H36N4S2. The van der Waals surface area contributed by atoms with E-state index in [4.69, 9.17) is 13.1 Å². The number of rotatable bonds is 2. The standard InChI is InChI=1S/C40H36N4S2/c1-43-31(23-41)25-11-9-13-27(19-25)33-21-29-37(45-33)35-36(39(29)15-5-3-6-16-39)38-30(40(35)17-7-4-8-18-40)22-34(46-38)28-14-10-12-26(20-28)32(24-42)44-2/h19-22H,3-18H2/b31-25-,32-26+. The van der Waals surface area contributed by atoms with E-state index in [0.29, 0.717) is 0 Å². The molecule has 2 fully saturated rings. The van der Waals surface area contributed by atoms with E-state index < -0.39 is 0 Å². The number of nitriles is 2. The van der Waals surface area contributed by atoms with Crippen LogP contribution in [-0.2, 0) is 10.8 Å². The Labute approximate surface area is 280 Å². The van der Waals surface area contributed by atoms with Crippen molar-refractivity contribution in [2.75, 3.05) is 0 Å². The van der Waals surface area contributed by atoms with Crippen LogP contribution in [0.4, 0.5) is 0 Å². The number of fused-ring (bicyclic) bond motifs is 8. The van der Waals surface area contributed by atoms with Crippen LogP contribution in [0.3, 0.4) is 0 Å². The fourth-order valence-electron chi connectivity index (χ4n) is 9.69. The number of nitrogens with zero attached hydrogens (tertiary/aromatic N) is 4. The van der Waals surface area contributed by atoms with Crippen LogP contribution >= 0.6 is 22.7 Å². The quantitative estimate of drug-likeness (QED) is 0.243. The molecule has 0 atom stereocenters. The SMILES string of the molecule is [C-]#[N+]/C(C#N)=C1\C=C(c2cc3c(s2)C2=C(c4sc(C5=C/C(=C(\C#N)[N+]#[C-])CCC5)cc4C24CCCCC4)C32CCCCC2)CCC1. The van der Waals surface area contributed by atoms with Crippen molar-refractivity contribution in [3.63, 3.8) is 0 Å². The minimum atomic E-state index is 0.0712. The van der Waals surface area contributed by atoms with E-state index in [1.807, 2.05) is 22.7 Å². The highest BCUT2D eigenvalue weighted by Crippen LogP contribution is 2.72. The largest absolute Gasteiger partial charge is 0.265 e. The summed E-state index contributed by atoms with van der Waals surface area (Å²) >= 11 is 4.01. The summed E-state index contributed by atoms with van der Waals surface area (Å²) in [7, 11) is 0. The van der Waals surface area contributed by atoms with E-state index in [2.05, 4.69) is 46.1 Å². The zero-order valence-corrected chi connectivity index (χ0v) is 27.9. The van der Waals surface area contributed by atoms with Crippen LogP contribution in [0.2, 0.25) is 0 Å². The Kier molecular flexibility index (Phi) is 7.29. The lowest BCUT2D eigenvalue weighted by molar-refractivity contribution is 0.373. The molecule has 0 bridgehead atoms. The van der Waals surface area contributed by atoms with Gasteiger partial charge in [0.1, 0.15) is 0 Å². The summed E-state index contributed by atoms with van der Waals surface area (Å²) < 4.78 is 0. The van der Waals surface area contributed by atoms with Gasteiger partial charge in [-0.2, -0.15) is 0 Å². The smallest absolute Gasteiger partial charge is 0.226 e. The van der Waals surface area contributed by atoms with E-state index in [9.17, 15) is 10.5 Å². The first-order chi connectivity index (χ1) is 22.6. The Hall–Kier alpha value is -3.94. The predicted octanol–water partition coefficient (Wildman–Crippen LogP) is 11.7. The third kappa shape index (κ3) is 4.24. The van der Waals surface area contributed by atoms with Gasteiger partial charge < -0.3 is 0 Å². The minimum Gasteiger partial charge on any atom is -0.226 e. The summed E-state index contributed by atoms with van der Waals surface area (Å²) in [6.07, 6.45) is 22.5. The van der Waals surface area contributed by atoms with E-state index in [0.717, 1.165) is 49.7 Å². The van der Waals surface area contributed by atoms with E-state index >= 15 is 0 Å². The lowest BCUT2D eigenvalue weighted by Gasteiger charge is -2.37. The molecule has 6 heteroatoms. The molecule has 0 amide bonds. The second kappa shape index (κ2) is 11.4. The molecule has 0 unspecified atom stereocenters. The van der Waals surface area contributed by atoms with E-state index in [1.54, 1.807) is 32.0 Å². The first-order valence-corrected chi connectivity index (χ1v) is 18.7. The maximum Gasteiger partial charge on any atom is 0.265 e. The van der Waals surface area contributed by atoms with Gasteiger partial charge in [0.05, 0.1) is 25.3 Å². The Morgan fingerprint density at radius 3 is 1.39 bits per heavy atom. The van der Waals surface area contributed by atoms with Crippen molar-refractivity contribution < 1.29 is 0 Å². The summed E-state index contributed by atoms with van der Waals surface area (Å²) in [5.41, 5.74) is 11.6. The lowest BCUT2D eigenvalue weighted by atomic mass is 9.67. The fraction of sp³-hybridized carbons (Fsp3) is 0.450. The van der Waals surface area contributed by atoms with Gasteiger partial charge in [-0.1, -0.05) is 50.7 Å². The van der Waals surface area contributed by atoms with Crippen molar-refractivity contribution in [1.29, 1.82) is 10.5 Å². The Bertz CT molecular complexity index is 1820. The molecule has 2 aromatic heterocycles. The van der Waals surface area contributed by atoms with Crippen molar-refractivity contribution in [1.82, 2.24) is 0 Å². The molecule has 2 aromatic rings. The molecule has 2 heterocycles. The maximum absolute atomic E-state index is 9.58. The first-order valence-electron chi connectivity index (χ1n) is 17.0. The van der Waals surface area contributed by atoms with Gasteiger partial charge in [-0.3, -0.25) is 0 Å². The number of thiophene rings is 2. The lowest BCUT2D eigenvalue weighted by Crippen LogP contribution is -2.28. The average molecular weight is 637 g/mol. The molecule has 2 spiro atoms. The van der Waals surface area contributed by atoms with Gasteiger partial charge in [0, 0.05) is 30.3 Å². The third-order valence-corrected chi connectivity index (χ3v) is 14.2. The van der Waals surface area contributed by atoms with Crippen LogP contribution in [0.15, 0.2) is 46.8 Å². The molecule has 46 heavy (non-hydrogen) atoms. The Balaban J connectivity index is 1.31. The average Bonchev–Trinajstić information content (AvgIpc) is 3.85. The highest BCUT2D eigenvalue weighted by atomic mass is 32.1. The van der Waals surface area contributed by atoms with E-state index in [-0.39, 0.29) is 22.2 Å². The summed E-state index contributed by atoms with van der Waals surface area (Å²) in [4.78, 5) is 12.9. The van der Waals surface area contributed by atoms with Crippen LogP contribution < -0.4 is 0 Å². The third-order valence-electron chi connectivity index (χ3n) is 11.7. The van der Waals surface area contributed by atoms with Crippen molar-refractivity contribution >= 4 is 45.0 Å². The summed E-state index contributed by atoms with van der Waals surface area (Å²) in [5.74, 6) is 0. The molecule has 0 radical (unpaired) electrons. The van der Waals surface area contributed by atoms with Gasteiger partial charge in [0.2, 0.25) is 0 Å². The van der Waals surface area contributed by atoms with E-state index in [1.165, 1.54) is 85.1 Å². The van der Waals surface area contributed by atoms with Gasteiger partial charge in [-0.15, -0.1) is 22.7 Å². The zero-order chi connectivity index (χ0) is 31.5. The summed E-state index contributed by atoms with van der Waals surface area (Å²) in [6.45, 7) is 15.0. The number of hydrogen-bond donors (Lipinski definition) is 0. The Morgan fingerprint density at radius 2 is 1.02 bits per heavy atom.